The Hall–Kier alpha value is -3.33. The maximum Gasteiger partial charge on any atom is 0.296 e. The van der Waals surface area contributed by atoms with Crippen molar-refractivity contribution < 1.29 is 23.9 Å². The Kier molecular flexibility index (Phi) is 7.60. The van der Waals surface area contributed by atoms with Crippen LogP contribution in [0.5, 0.6) is 17.2 Å². The standard InChI is InChI=1S/C21H27N3O6/c1-13-9-19(29-5)20(30-6)10-15(13)12-23(3)14(2)21(25)22-17-8-7-16(28-4)11-18(17)24(26)27/h7-11,14H,12H2,1-6H3,(H,22,25)/t14-/m0/s1. The average molecular weight is 417 g/mol. The molecule has 0 heterocycles. The number of carbonyl (C=O) groups is 1. The topological polar surface area (TPSA) is 103 Å². The molecule has 9 nitrogen and oxygen atoms in total. The Morgan fingerprint density at radius 3 is 2.33 bits per heavy atom. The zero-order chi connectivity index (χ0) is 22.4. The van der Waals surface area contributed by atoms with Gasteiger partial charge >= 0.3 is 0 Å². The summed E-state index contributed by atoms with van der Waals surface area (Å²) >= 11 is 0. The lowest BCUT2D eigenvalue weighted by Crippen LogP contribution is -2.39. The number of nitro benzene ring substituents is 1. The number of likely N-dealkylation sites (N-methyl/N-ethyl adjacent to an activating group) is 1. The third-order valence-electron chi connectivity index (χ3n) is 4.96. The molecule has 0 radical (unpaired) electrons. The molecule has 2 rings (SSSR count). The summed E-state index contributed by atoms with van der Waals surface area (Å²) in [5.41, 5.74) is 1.87. The van der Waals surface area contributed by atoms with Crippen molar-refractivity contribution in [1.82, 2.24) is 4.90 Å². The van der Waals surface area contributed by atoms with Gasteiger partial charge in [0.25, 0.3) is 5.69 Å². The minimum atomic E-state index is -0.556. The SMILES string of the molecule is COc1ccc(NC(=O)[C@H](C)N(C)Cc2cc(OC)c(OC)cc2C)c([N+](=O)[O-])c1. The molecule has 1 N–H and O–H groups in total. The number of rotatable bonds is 9. The Balaban J connectivity index is 2.16. The van der Waals surface area contributed by atoms with Crippen LogP contribution in [0.1, 0.15) is 18.1 Å². The molecule has 0 saturated carbocycles. The number of hydrogen-bond donors (Lipinski definition) is 1. The van der Waals surface area contributed by atoms with Crippen LogP contribution in [0.15, 0.2) is 30.3 Å². The number of nitrogens with one attached hydrogen (secondary N) is 1. The van der Waals surface area contributed by atoms with Gasteiger partial charge in [-0.05, 0) is 56.3 Å². The van der Waals surface area contributed by atoms with Crippen LogP contribution in [0.4, 0.5) is 11.4 Å². The first kappa shape index (κ1) is 23.0. The van der Waals surface area contributed by atoms with Crippen molar-refractivity contribution in [3.63, 3.8) is 0 Å². The summed E-state index contributed by atoms with van der Waals surface area (Å²) in [4.78, 5) is 25.4. The van der Waals surface area contributed by atoms with Gasteiger partial charge in [-0.3, -0.25) is 19.8 Å². The normalized spacial score (nSPS) is 11.7. The molecule has 1 atom stereocenters. The highest BCUT2D eigenvalue weighted by atomic mass is 16.6. The molecule has 162 valence electrons. The zero-order valence-electron chi connectivity index (χ0n) is 18.0. The second-order valence-electron chi connectivity index (χ2n) is 6.85. The van der Waals surface area contributed by atoms with Crippen LogP contribution in [0.2, 0.25) is 0 Å². The van der Waals surface area contributed by atoms with Gasteiger partial charge in [0.1, 0.15) is 11.4 Å². The van der Waals surface area contributed by atoms with E-state index in [1.54, 1.807) is 27.2 Å². The van der Waals surface area contributed by atoms with E-state index in [0.29, 0.717) is 23.8 Å². The molecule has 30 heavy (non-hydrogen) atoms. The first-order valence-electron chi connectivity index (χ1n) is 9.26. The third-order valence-corrected chi connectivity index (χ3v) is 4.96. The minimum absolute atomic E-state index is 0.119. The number of amides is 1. The van der Waals surface area contributed by atoms with Gasteiger partial charge in [-0.1, -0.05) is 0 Å². The fourth-order valence-corrected chi connectivity index (χ4v) is 2.93. The zero-order valence-corrected chi connectivity index (χ0v) is 18.0. The molecule has 2 aromatic rings. The van der Waals surface area contributed by atoms with Gasteiger partial charge in [0.15, 0.2) is 11.5 Å². The molecule has 0 aliphatic rings. The predicted octanol–water partition coefficient (Wildman–Crippen LogP) is 3.39. The summed E-state index contributed by atoms with van der Waals surface area (Å²) in [7, 11) is 6.37. The van der Waals surface area contributed by atoms with E-state index < -0.39 is 11.0 Å². The van der Waals surface area contributed by atoms with Crippen molar-refractivity contribution in [3.05, 3.63) is 51.6 Å². The van der Waals surface area contributed by atoms with Crippen LogP contribution in [-0.4, -0.2) is 50.1 Å². The van der Waals surface area contributed by atoms with Gasteiger partial charge in [-0.15, -0.1) is 0 Å². The molecule has 0 saturated heterocycles. The maximum atomic E-state index is 12.7. The van der Waals surface area contributed by atoms with E-state index in [4.69, 9.17) is 14.2 Å². The predicted molar refractivity (Wildman–Crippen MR) is 113 cm³/mol. The number of ether oxygens (including phenoxy) is 3. The van der Waals surface area contributed by atoms with E-state index in [0.717, 1.165) is 11.1 Å². The van der Waals surface area contributed by atoms with Crippen molar-refractivity contribution >= 4 is 17.3 Å². The van der Waals surface area contributed by atoms with Crippen LogP contribution in [0.25, 0.3) is 0 Å². The molecule has 0 bridgehead atoms. The monoisotopic (exact) mass is 417 g/mol. The number of aryl methyl sites for hydroxylation is 1. The number of methoxy groups -OCH3 is 3. The van der Waals surface area contributed by atoms with Gasteiger partial charge in [0, 0.05) is 6.54 Å². The lowest BCUT2D eigenvalue weighted by atomic mass is 10.1. The molecule has 2 aromatic carbocycles. The molecule has 0 unspecified atom stereocenters. The van der Waals surface area contributed by atoms with Gasteiger partial charge in [-0.2, -0.15) is 0 Å². The van der Waals surface area contributed by atoms with Gasteiger partial charge in [0.2, 0.25) is 5.91 Å². The van der Waals surface area contributed by atoms with Crippen molar-refractivity contribution in [1.29, 1.82) is 0 Å². The highest BCUT2D eigenvalue weighted by molar-refractivity contribution is 5.96. The smallest absolute Gasteiger partial charge is 0.296 e. The number of benzene rings is 2. The number of hydrogen-bond acceptors (Lipinski definition) is 7. The van der Waals surface area contributed by atoms with Crippen LogP contribution >= 0.6 is 0 Å². The summed E-state index contributed by atoms with van der Waals surface area (Å²) in [6.07, 6.45) is 0. The maximum absolute atomic E-state index is 12.7. The second-order valence-corrected chi connectivity index (χ2v) is 6.85. The third kappa shape index (κ3) is 5.18. The summed E-state index contributed by atoms with van der Waals surface area (Å²) in [5.74, 6) is 1.23. The molecule has 0 aliphatic carbocycles. The summed E-state index contributed by atoms with van der Waals surface area (Å²) < 4.78 is 15.7. The van der Waals surface area contributed by atoms with Gasteiger partial charge in [0.05, 0.1) is 38.4 Å². The fraction of sp³-hybridized carbons (Fsp3) is 0.381. The molecule has 9 heteroatoms. The van der Waals surface area contributed by atoms with Gasteiger partial charge in [-0.25, -0.2) is 0 Å². The van der Waals surface area contributed by atoms with E-state index in [9.17, 15) is 14.9 Å². The Morgan fingerprint density at radius 1 is 1.13 bits per heavy atom. The molecular formula is C21H27N3O6. The number of anilines is 1. The summed E-state index contributed by atoms with van der Waals surface area (Å²) in [5, 5.41) is 14.0. The quantitative estimate of drug-likeness (QED) is 0.493. The van der Waals surface area contributed by atoms with E-state index in [-0.39, 0.29) is 17.3 Å². The fourth-order valence-electron chi connectivity index (χ4n) is 2.93. The van der Waals surface area contributed by atoms with Crippen molar-refractivity contribution in [2.24, 2.45) is 0 Å². The van der Waals surface area contributed by atoms with E-state index >= 15 is 0 Å². The highest BCUT2D eigenvalue weighted by Gasteiger charge is 2.23. The molecule has 0 fully saturated rings. The highest BCUT2D eigenvalue weighted by Crippen LogP contribution is 2.31. The van der Waals surface area contributed by atoms with Crippen LogP contribution in [0, 0.1) is 17.0 Å². The lowest BCUT2D eigenvalue weighted by Gasteiger charge is -2.25. The van der Waals surface area contributed by atoms with E-state index in [2.05, 4.69) is 5.32 Å². The average Bonchev–Trinajstić information content (AvgIpc) is 2.74. The van der Waals surface area contributed by atoms with Crippen LogP contribution in [0.3, 0.4) is 0 Å². The van der Waals surface area contributed by atoms with Gasteiger partial charge < -0.3 is 19.5 Å². The first-order valence-corrected chi connectivity index (χ1v) is 9.26. The summed E-state index contributed by atoms with van der Waals surface area (Å²) in [6, 6.07) is 7.51. The van der Waals surface area contributed by atoms with Crippen molar-refractivity contribution in [2.75, 3.05) is 33.7 Å². The van der Waals surface area contributed by atoms with Crippen molar-refractivity contribution in [3.8, 4) is 17.2 Å². The summed E-state index contributed by atoms with van der Waals surface area (Å²) in [6.45, 7) is 4.17. The molecule has 0 aliphatic heterocycles. The Morgan fingerprint density at radius 2 is 1.77 bits per heavy atom. The second kappa shape index (κ2) is 9.93. The van der Waals surface area contributed by atoms with Crippen LogP contribution in [-0.2, 0) is 11.3 Å². The van der Waals surface area contributed by atoms with Crippen LogP contribution < -0.4 is 19.5 Å². The molecule has 1 amide bonds. The molecule has 0 aromatic heterocycles. The van der Waals surface area contributed by atoms with E-state index in [1.807, 2.05) is 31.0 Å². The lowest BCUT2D eigenvalue weighted by molar-refractivity contribution is -0.384. The Labute approximate surface area is 175 Å². The Bertz CT molecular complexity index is 931. The number of carbonyl (C=O) groups excluding carboxylic acids is 1. The minimum Gasteiger partial charge on any atom is -0.496 e. The first-order chi connectivity index (χ1) is 14.2. The molecular weight excluding hydrogens is 390 g/mol. The van der Waals surface area contributed by atoms with Crippen molar-refractivity contribution in [2.45, 2.75) is 26.4 Å². The van der Waals surface area contributed by atoms with E-state index in [1.165, 1.54) is 19.2 Å². The number of nitro groups is 1. The molecule has 0 spiro atoms. The largest absolute Gasteiger partial charge is 0.496 e. The number of nitrogens with zero attached hydrogens (tertiary/aromatic N) is 2.